The van der Waals surface area contributed by atoms with Crippen LogP contribution in [0.1, 0.15) is 37.8 Å². The smallest absolute Gasteiger partial charge is 0.161 e. The van der Waals surface area contributed by atoms with Crippen molar-refractivity contribution in [3.05, 3.63) is 52.4 Å². The van der Waals surface area contributed by atoms with E-state index in [2.05, 4.69) is 11.4 Å². The quantitative estimate of drug-likeness (QED) is 0.279. The van der Waals surface area contributed by atoms with Gasteiger partial charge in [-0.25, -0.2) is 0 Å². The van der Waals surface area contributed by atoms with Gasteiger partial charge in [0.15, 0.2) is 23.0 Å². The van der Waals surface area contributed by atoms with Gasteiger partial charge in [0.2, 0.25) is 0 Å². The molecule has 1 unspecified atom stereocenters. The molecule has 0 aliphatic carbocycles. The summed E-state index contributed by atoms with van der Waals surface area (Å²) in [6.07, 6.45) is 1.85. The molecular weight excluding hydrogens is 434 g/mol. The molecule has 0 aliphatic rings. The molecule has 1 atom stereocenters. The Balaban J connectivity index is 2.08. The topological polar surface area (TPSA) is 93.4 Å². The lowest BCUT2D eigenvalue weighted by Crippen LogP contribution is -2.32. The molecule has 0 amide bonds. The van der Waals surface area contributed by atoms with E-state index in [0.29, 0.717) is 55.4 Å². The van der Waals surface area contributed by atoms with Crippen molar-refractivity contribution in [2.24, 2.45) is 11.2 Å². The highest BCUT2D eigenvalue weighted by molar-refractivity contribution is 5.47. The highest BCUT2D eigenvalue weighted by Gasteiger charge is 2.36. The number of nitriles is 1. The number of nitroso groups, excluding NO2 is 1. The third-order valence-corrected chi connectivity index (χ3v) is 6.29. The van der Waals surface area contributed by atoms with Crippen LogP contribution in [0, 0.1) is 22.2 Å². The fraction of sp³-hybridized carbons (Fsp3) is 0.500. The number of ether oxygens (including phenoxy) is 4. The summed E-state index contributed by atoms with van der Waals surface area (Å²) < 4.78 is 21.4. The van der Waals surface area contributed by atoms with E-state index in [1.54, 1.807) is 28.4 Å². The van der Waals surface area contributed by atoms with Gasteiger partial charge in [-0.1, -0.05) is 26.0 Å². The summed E-state index contributed by atoms with van der Waals surface area (Å²) in [5.74, 6) is 2.57. The minimum Gasteiger partial charge on any atom is -0.493 e. The molecule has 8 nitrogen and oxygen atoms in total. The zero-order chi connectivity index (χ0) is 25.1. The molecule has 2 rings (SSSR count). The van der Waals surface area contributed by atoms with Crippen molar-refractivity contribution in [1.29, 1.82) is 5.26 Å². The minimum atomic E-state index is -0.725. The summed E-state index contributed by atoms with van der Waals surface area (Å²) in [5.41, 5.74) is 1.17. The second-order valence-electron chi connectivity index (χ2n) is 8.39. The van der Waals surface area contributed by atoms with Gasteiger partial charge >= 0.3 is 0 Å². The first-order valence-corrected chi connectivity index (χ1v) is 11.3. The van der Waals surface area contributed by atoms with Crippen molar-refractivity contribution >= 4 is 0 Å². The lowest BCUT2D eigenvalue weighted by Gasteiger charge is -2.32. The lowest BCUT2D eigenvalue weighted by molar-refractivity contribution is 0.260. The van der Waals surface area contributed by atoms with Crippen molar-refractivity contribution in [3.8, 4) is 29.1 Å². The van der Waals surface area contributed by atoms with Crippen LogP contribution in [0.4, 0.5) is 0 Å². The van der Waals surface area contributed by atoms with E-state index >= 15 is 0 Å². The number of hydrogen-bond acceptors (Lipinski definition) is 7. The van der Waals surface area contributed by atoms with Gasteiger partial charge in [-0.3, -0.25) is 5.01 Å². The second-order valence-corrected chi connectivity index (χ2v) is 8.39. The van der Waals surface area contributed by atoms with E-state index in [0.717, 1.165) is 11.1 Å². The van der Waals surface area contributed by atoms with Gasteiger partial charge in [-0.05, 0) is 60.6 Å². The number of rotatable bonds is 14. The minimum absolute atomic E-state index is 0.0556. The number of hydrogen-bond donors (Lipinski definition) is 0. The molecule has 2 aromatic rings. The normalized spacial score (nSPS) is 12.4. The third-order valence-electron chi connectivity index (χ3n) is 6.29. The number of benzene rings is 2. The van der Waals surface area contributed by atoms with Crippen LogP contribution < -0.4 is 18.9 Å². The molecule has 0 aromatic heterocycles. The molecule has 0 bridgehead atoms. The predicted molar refractivity (Wildman–Crippen MR) is 132 cm³/mol. The van der Waals surface area contributed by atoms with E-state index in [1.165, 1.54) is 5.01 Å². The van der Waals surface area contributed by atoms with E-state index in [1.807, 2.05) is 50.2 Å². The summed E-state index contributed by atoms with van der Waals surface area (Å²) in [4.78, 5) is 11.5. The van der Waals surface area contributed by atoms with Gasteiger partial charge in [-0.15, -0.1) is 4.91 Å². The summed E-state index contributed by atoms with van der Waals surface area (Å²) in [6.45, 7) is 5.00. The molecule has 0 saturated carbocycles. The van der Waals surface area contributed by atoms with Crippen molar-refractivity contribution in [2.45, 2.75) is 38.5 Å². The molecule has 0 fully saturated rings. The molecule has 0 heterocycles. The number of methoxy groups -OCH3 is 4. The third kappa shape index (κ3) is 6.10. The molecule has 0 N–H and O–H groups in total. The SMILES string of the molecule is COc1ccc(CCN(CCCC(C#N)(c2ccc(OC)c(OC)c2)C(C)C)N=O)cc1OC. The Hall–Kier alpha value is -3.47. The molecule has 0 radical (unpaired) electrons. The molecule has 184 valence electrons. The predicted octanol–water partition coefficient (Wildman–Crippen LogP) is 5.14. The van der Waals surface area contributed by atoms with Gasteiger partial charge in [0.25, 0.3) is 0 Å². The Bertz CT molecular complexity index is 989. The van der Waals surface area contributed by atoms with Gasteiger partial charge in [-0.2, -0.15) is 5.26 Å². The van der Waals surface area contributed by atoms with Gasteiger partial charge in [0.05, 0.1) is 45.2 Å². The van der Waals surface area contributed by atoms with Crippen molar-refractivity contribution in [1.82, 2.24) is 5.01 Å². The van der Waals surface area contributed by atoms with Crippen LogP contribution in [0.5, 0.6) is 23.0 Å². The molecule has 0 saturated heterocycles. The molecule has 0 spiro atoms. The first-order chi connectivity index (χ1) is 16.4. The zero-order valence-electron chi connectivity index (χ0n) is 21.0. The second kappa shape index (κ2) is 12.7. The summed E-state index contributed by atoms with van der Waals surface area (Å²) in [5, 5.41) is 14.9. The van der Waals surface area contributed by atoms with Crippen LogP contribution in [0.25, 0.3) is 0 Å². The molecule has 0 aliphatic heterocycles. The fourth-order valence-electron chi connectivity index (χ4n) is 4.16. The molecule has 2 aromatic carbocycles. The average Bonchev–Trinajstić information content (AvgIpc) is 2.87. The van der Waals surface area contributed by atoms with Crippen LogP contribution in [0.2, 0.25) is 0 Å². The van der Waals surface area contributed by atoms with Crippen LogP contribution in [-0.2, 0) is 11.8 Å². The highest BCUT2D eigenvalue weighted by Crippen LogP contribution is 2.40. The average molecular weight is 470 g/mol. The van der Waals surface area contributed by atoms with Crippen molar-refractivity contribution < 1.29 is 18.9 Å². The van der Waals surface area contributed by atoms with E-state index in [4.69, 9.17) is 18.9 Å². The summed E-state index contributed by atoms with van der Waals surface area (Å²) >= 11 is 0. The van der Waals surface area contributed by atoms with Crippen LogP contribution in [0.3, 0.4) is 0 Å². The maximum Gasteiger partial charge on any atom is 0.161 e. The van der Waals surface area contributed by atoms with Gasteiger partial charge in [0.1, 0.15) is 0 Å². The van der Waals surface area contributed by atoms with Crippen LogP contribution >= 0.6 is 0 Å². The van der Waals surface area contributed by atoms with Gasteiger partial charge in [0, 0.05) is 13.1 Å². The first kappa shape index (κ1) is 26.8. The Morgan fingerprint density at radius 3 is 2.03 bits per heavy atom. The van der Waals surface area contributed by atoms with Gasteiger partial charge < -0.3 is 18.9 Å². The zero-order valence-corrected chi connectivity index (χ0v) is 21.0. The molecular formula is C26H35N3O5. The van der Waals surface area contributed by atoms with E-state index in [-0.39, 0.29) is 5.92 Å². The van der Waals surface area contributed by atoms with E-state index in [9.17, 15) is 10.2 Å². The maximum absolute atomic E-state index is 11.5. The Labute approximate surface area is 202 Å². The summed E-state index contributed by atoms with van der Waals surface area (Å²) in [7, 11) is 6.35. The maximum atomic E-state index is 11.5. The van der Waals surface area contributed by atoms with Crippen LogP contribution in [-0.4, -0.2) is 46.5 Å². The van der Waals surface area contributed by atoms with Crippen molar-refractivity contribution in [3.63, 3.8) is 0 Å². The Morgan fingerprint density at radius 1 is 0.912 bits per heavy atom. The highest BCUT2D eigenvalue weighted by atomic mass is 16.5. The first-order valence-electron chi connectivity index (χ1n) is 11.3. The largest absolute Gasteiger partial charge is 0.493 e. The fourth-order valence-corrected chi connectivity index (χ4v) is 4.16. The molecule has 8 heteroatoms. The van der Waals surface area contributed by atoms with Crippen molar-refractivity contribution in [2.75, 3.05) is 41.5 Å². The summed E-state index contributed by atoms with van der Waals surface area (Å²) in [6, 6.07) is 13.8. The Kier molecular flexibility index (Phi) is 9.99. The van der Waals surface area contributed by atoms with Crippen LogP contribution in [0.15, 0.2) is 41.7 Å². The number of nitrogens with zero attached hydrogens (tertiary/aromatic N) is 3. The van der Waals surface area contributed by atoms with E-state index < -0.39 is 5.41 Å². The standard InChI is InChI=1S/C26H35N3O5/c1-19(2)26(18-27,21-9-11-23(32-4)25(17-21)34-6)13-7-14-29(28-30)15-12-20-8-10-22(31-3)24(16-20)33-5/h8-11,16-17,19H,7,12-15H2,1-6H3. The monoisotopic (exact) mass is 469 g/mol. The Morgan fingerprint density at radius 2 is 1.50 bits per heavy atom. The lowest BCUT2D eigenvalue weighted by atomic mass is 9.69. The molecule has 34 heavy (non-hydrogen) atoms.